The Morgan fingerprint density at radius 3 is 2.88 bits per heavy atom. The van der Waals surface area contributed by atoms with Crippen molar-refractivity contribution < 1.29 is 14.6 Å². The van der Waals surface area contributed by atoms with E-state index in [1.165, 1.54) is 0 Å². The summed E-state index contributed by atoms with van der Waals surface area (Å²) in [5.74, 6) is -1.11. The van der Waals surface area contributed by atoms with Crippen LogP contribution in [-0.4, -0.2) is 29.3 Å². The molecule has 1 N–H and O–H groups in total. The maximum absolute atomic E-state index is 10.9. The second kappa shape index (κ2) is 4.22. The van der Waals surface area contributed by atoms with E-state index in [4.69, 9.17) is 9.84 Å². The van der Waals surface area contributed by atoms with Crippen LogP contribution < -0.4 is 0 Å². The zero-order valence-corrected chi connectivity index (χ0v) is 9.22. The Bertz CT molecular complexity index is 373. The van der Waals surface area contributed by atoms with Crippen LogP contribution in [0.4, 0.5) is 0 Å². The minimum Gasteiger partial charge on any atom is -0.481 e. The Kier molecular flexibility index (Phi) is 2.92. The number of carbonyl (C=O) groups is 1. The van der Waals surface area contributed by atoms with Crippen molar-refractivity contribution in [2.75, 3.05) is 13.2 Å². The van der Waals surface area contributed by atoms with E-state index in [0.717, 1.165) is 5.56 Å². The molecule has 0 aromatic carbocycles. The van der Waals surface area contributed by atoms with E-state index in [1.54, 1.807) is 19.3 Å². The van der Waals surface area contributed by atoms with Crippen molar-refractivity contribution >= 4 is 5.97 Å². The molecule has 1 unspecified atom stereocenters. The molecule has 2 rings (SSSR count). The molecule has 0 saturated carbocycles. The first-order chi connectivity index (χ1) is 7.64. The summed E-state index contributed by atoms with van der Waals surface area (Å²) < 4.78 is 5.25. The molecule has 1 atom stereocenters. The second-order valence-electron chi connectivity index (χ2n) is 4.46. The number of carboxylic acids is 1. The highest BCUT2D eigenvalue weighted by Gasteiger charge is 2.42. The zero-order chi connectivity index (χ0) is 11.6. The molecule has 0 amide bonds. The van der Waals surface area contributed by atoms with E-state index in [0.29, 0.717) is 19.6 Å². The van der Waals surface area contributed by atoms with Crippen LogP contribution in [0.25, 0.3) is 0 Å². The van der Waals surface area contributed by atoms with Crippen molar-refractivity contribution in [3.05, 3.63) is 30.1 Å². The maximum Gasteiger partial charge on any atom is 0.306 e. The van der Waals surface area contributed by atoms with E-state index in [2.05, 4.69) is 4.98 Å². The zero-order valence-electron chi connectivity index (χ0n) is 9.22. The standard InChI is InChI=1S/C12H15NO3/c1-9(11(14)15)5-12(7-16-8-12)10-3-2-4-13-6-10/h2-4,6,9H,5,7-8H2,1H3,(H,14,15). The van der Waals surface area contributed by atoms with Crippen LogP contribution in [0.15, 0.2) is 24.5 Å². The topological polar surface area (TPSA) is 59.4 Å². The van der Waals surface area contributed by atoms with E-state index < -0.39 is 5.97 Å². The summed E-state index contributed by atoms with van der Waals surface area (Å²) in [4.78, 5) is 15.0. The van der Waals surface area contributed by atoms with Crippen LogP contribution in [0.1, 0.15) is 18.9 Å². The van der Waals surface area contributed by atoms with Crippen molar-refractivity contribution in [3.8, 4) is 0 Å². The summed E-state index contributed by atoms with van der Waals surface area (Å²) >= 11 is 0. The summed E-state index contributed by atoms with van der Waals surface area (Å²) in [6.07, 6.45) is 4.13. The third-order valence-electron chi connectivity index (χ3n) is 3.15. The van der Waals surface area contributed by atoms with E-state index in [1.807, 2.05) is 12.1 Å². The molecule has 0 spiro atoms. The fourth-order valence-corrected chi connectivity index (χ4v) is 2.10. The molecular weight excluding hydrogens is 206 g/mol. The van der Waals surface area contributed by atoms with Crippen molar-refractivity contribution in [1.82, 2.24) is 4.98 Å². The van der Waals surface area contributed by atoms with Crippen LogP contribution in [0.3, 0.4) is 0 Å². The second-order valence-corrected chi connectivity index (χ2v) is 4.46. The minimum absolute atomic E-state index is 0.147. The Morgan fingerprint density at radius 2 is 2.44 bits per heavy atom. The third-order valence-corrected chi connectivity index (χ3v) is 3.15. The SMILES string of the molecule is CC(CC1(c2cccnc2)COC1)C(=O)O. The lowest BCUT2D eigenvalue weighted by Crippen LogP contribution is -2.48. The van der Waals surface area contributed by atoms with Crippen molar-refractivity contribution in [2.45, 2.75) is 18.8 Å². The minimum atomic E-state index is -0.754. The molecule has 1 aromatic heterocycles. The van der Waals surface area contributed by atoms with Crippen LogP contribution in [-0.2, 0) is 14.9 Å². The lowest BCUT2D eigenvalue weighted by molar-refractivity contribution is -0.144. The highest BCUT2D eigenvalue weighted by molar-refractivity contribution is 5.69. The molecule has 1 aromatic rings. The van der Waals surface area contributed by atoms with E-state index in [-0.39, 0.29) is 11.3 Å². The van der Waals surface area contributed by atoms with E-state index >= 15 is 0 Å². The summed E-state index contributed by atoms with van der Waals surface area (Å²) in [6, 6.07) is 3.87. The summed E-state index contributed by atoms with van der Waals surface area (Å²) in [7, 11) is 0. The van der Waals surface area contributed by atoms with Crippen LogP contribution in [0.2, 0.25) is 0 Å². The summed E-state index contributed by atoms with van der Waals surface area (Å²) in [5, 5.41) is 8.96. The predicted molar refractivity (Wildman–Crippen MR) is 58.2 cm³/mol. The Hall–Kier alpha value is -1.42. The van der Waals surface area contributed by atoms with Crippen LogP contribution in [0.5, 0.6) is 0 Å². The number of nitrogens with zero attached hydrogens (tertiary/aromatic N) is 1. The normalized spacial score (nSPS) is 19.8. The molecule has 0 radical (unpaired) electrons. The van der Waals surface area contributed by atoms with Gasteiger partial charge in [-0.2, -0.15) is 0 Å². The molecule has 2 heterocycles. The van der Waals surface area contributed by atoms with Gasteiger partial charge in [0.25, 0.3) is 0 Å². The molecule has 1 fully saturated rings. The number of aromatic nitrogens is 1. The van der Waals surface area contributed by atoms with Gasteiger partial charge >= 0.3 is 5.97 Å². The van der Waals surface area contributed by atoms with Gasteiger partial charge in [0.15, 0.2) is 0 Å². The maximum atomic E-state index is 10.9. The van der Waals surface area contributed by atoms with Gasteiger partial charge in [0.05, 0.1) is 19.1 Å². The van der Waals surface area contributed by atoms with Gasteiger partial charge in [-0.05, 0) is 18.1 Å². The molecule has 86 valence electrons. The van der Waals surface area contributed by atoms with Gasteiger partial charge in [-0.3, -0.25) is 9.78 Å². The monoisotopic (exact) mass is 221 g/mol. The lowest BCUT2D eigenvalue weighted by Gasteiger charge is -2.42. The Balaban J connectivity index is 2.17. The summed E-state index contributed by atoms with van der Waals surface area (Å²) in [5.41, 5.74) is 0.931. The Labute approximate surface area is 94.3 Å². The van der Waals surface area contributed by atoms with Gasteiger partial charge in [-0.15, -0.1) is 0 Å². The molecule has 0 aliphatic carbocycles. The first-order valence-corrected chi connectivity index (χ1v) is 5.35. The first-order valence-electron chi connectivity index (χ1n) is 5.35. The lowest BCUT2D eigenvalue weighted by atomic mass is 9.73. The predicted octanol–water partition coefficient (Wildman–Crippen LogP) is 1.46. The summed E-state index contributed by atoms with van der Waals surface area (Å²) in [6.45, 7) is 2.92. The van der Waals surface area contributed by atoms with Gasteiger partial charge in [-0.25, -0.2) is 0 Å². The number of carboxylic acid groups (broad SMARTS) is 1. The molecule has 16 heavy (non-hydrogen) atoms. The Morgan fingerprint density at radius 1 is 1.69 bits per heavy atom. The molecule has 4 nitrogen and oxygen atoms in total. The highest BCUT2D eigenvalue weighted by Crippen LogP contribution is 2.37. The van der Waals surface area contributed by atoms with Crippen molar-refractivity contribution in [1.29, 1.82) is 0 Å². The number of hydrogen-bond acceptors (Lipinski definition) is 3. The number of hydrogen-bond donors (Lipinski definition) is 1. The molecule has 4 heteroatoms. The third kappa shape index (κ3) is 1.93. The molecule has 1 saturated heterocycles. The molecule has 0 bridgehead atoms. The first kappa shape index (κ1) is 11.1. The molecular formula is C12H15NO3. The molecule has 1 aliphatic rings. The van der Waals surface area contributed by atoms with Crippen LogP contribution >= 0.6 is 0 Å². The van der Waals surface area contributed by atoms with Gasteiger partial charge in [0.2, 0.25) is 0 Å². The average molecular weight is 221 g/mol. The average Bonchev–Trinajstić information content (AvgIpc) is 2.24. The highest BCUT2D eigenvalue weighted by atomic mass is 16.5. The van der Waals surface area contributed by atoms with Gasteiger partial charge < -0.3 is 9.84 Å². The van der Waals surface area contributed by atoms with Crippen molar-refractivity contribution in [3.63, 3.8) is 0 Å². The van der Waals surface area contributed by atoms with Gasteiger partial charge in [-0.1, -0.05) is 13.0 Å². The van der Waals surface area contributed by atoms with E-state index in [9.17, 15) is 4.79 Å². The quantitative estimate of drug-likeness (QED) is 0.836. The number of aliphatic carboxylic acids is 1. The largest absolute Gasteiger partial charge is 0.481 e. The van der Waals surface area contributed by atoms with Gasteiger partial charge in [0.1, 0.15) is 0 Å². The number of ether oxygens (including phenoxy) is 1. The molecule has 1 aliphatic heterocycles. The van der Waals surface area contributed by atoms with Gasteiger partial charge in [0, 0.05) is 17.8 Å². The fraction of sp³-hybridized carbons (Fsp3) is 0.500. The number of pyridine rings is 1. The van der Waals surface area contributed by atoms with Crippen LogP contribution in [0, 0.1) is 5.92 Å². The number of rotatable bonds is 4. The fourth-order valence-electron chi connectivity index (χ4n) is 2.10. The smallest absolute Gasteiger partial charge is 0.306 e. The van der Waals surface area contributed by atoms with Crippen molar-refractivity contribution in [2.24, 2.45) is 5.92 Å².